The van der Waals surface area contributed by atoms with Crippen LogP contribution in [0.4, 0.5) is 0 Å². The maximum Gasteiger partial charge on any atom is 0.340 e. The summed E-state index contributed by atoms with van der Waals surface area (Å²) in [6.07, 6.45) is 13.7. The van der Waals surface area contributed by atoms with Gasteiger partial charge in [0, 0.05) is 19.6 Å². The predicted octanol–water partition coefficient (Wildman–Crippen LogP) is 5.72. The van der Waals surface area contributed by atoms with E-state index in [1.807, 2.05) is 4.67 Å². The fraction of sp³-hybridized carbons (Fsp3) is 1.00. The van der Waals surface area contributed by atoms with Crippen LogP contribution in [-0.4, -0.2) is 29.2 Å². The Balaban J connectivity index is 4.22. The van der Waals surface area contributed by atoms with Crippen molar-refractivity contribution in [1.82, 2.24) is 9.76 Å². The van der Waals surface area contributed by atoms with Crippen molar-refractivity contribution in [1.29, 1.82) is 0 Å². The van der Waals surface area contributed by atoms with E-state index in [1.165, 1.54) is 32.1 Å². The Hall–Kier alpha value is 0.110. The largest absolute Gasteiger partial charge is 0.340 e. The molecule has 0 rings (SSSR count). The van der Waals surface area contributed by atoms with Crippen molar-refractivity contribution in [3.8, 4) is 0 Å². The quantitative estimate of drug-likeness (QED) is 0.261. The van der Waals surface area contributed by atoms with Gasteiger partial charge in [0.25, 0.3) is 0 Å². The molecule has 0 amide bonds. The maximum absolute atomic E-state index is 12.6. The summed E-state index contributed by atoms with van der Waals surface area (Å²) in [5.41, 5.74) is 0. The first kappa shape index (κ1) is 23.1. The third kappa shape index (κ3) is 13.1. The highest BCUT2D eigenvalue weighted by Crippen LogP contribution is 2.40. The van der Waals surface area contributed by atoms with Crippen LogP contribution >= 0.6 is 7.67 Å². The number of nitrogens with one attached hydrogen (secondary N) is 1. The summed E-state index contributed by atoms with van der Waals surface area (Å²) in [7, 11) is -3.36. The molecule has 0 saturated carbocycles. The van der Waals surface area contributed by atoms with Crippen molar-refractivity contribution in [2.75, 3.05) is 19.6 Å². The van der Waals surface area contributed by atoms with Crippen LogP contribution in [0.25, 0.3) is 0 Å². The molecule has 0 aromatic rings. The Labute approximate surface area is 145 Å². The van der Waals surface area contributed by atoms with Crippen molar-refractivity contribution >= 4 is 7.67 Å². The second-order valence-electron chi connectivity index (χ2n) is 6.59. The fourth-order valence-electron chi connectivity index (χ4n) is 2.70. The average molecular weight is 349 g/mol. The Morgan fingerprint density at radius 3 is 1.74 bits per heavy atom. The van der Waals surface area contributed by atoms with Crippen LogP contribution in [0.2, 0.25) is 0 Å². The molecule has 1 unspecified atom stereocenters. The van der Waals surface area contributed by atoms with Crippen LogP contribution in [0.1, 0.15) is 97.8 Å². The third-order valence-corrected chi connectivity index (χ3v) is 6.07. The molecule has 1 atom stereocenters. The van der Waals surface area contributed by atoms with E-state index in [9.17, 15) is 9.46 Å². The molecule has 2 N–H and O–H groups in total. The van der Waals surface area contributed by atoms with E-state index in [0.29, 0.717) is 6.54 Å². The lowest BCUT2D eigenvalue weighted by Crippen LogP contribution is -2.30. The van der Waals surface area contributed by atoms with Crippen LogP contribution in [-0.2, 0) is 4.57 Å². The van der Waals surface area contributed by atoms with Gasteiger partial charge in [0.2, 0.25) is 0 Å². The highest BCUT2D eigenvalue weighted by atomic mass is 31.2. The molecule has 0 aliphatic rings. The second-order valence-corrected chi connectivity index (χ2v) is 8.56. The lowest BCUT2D eigenvalue weighted by atomic mass is 10.1. The van der Waals surface area contributed by atoms with Gasteiger partial charge >= 0.3 is 7.67 Å². The number of hydrogen-bond donors (Lipinski definition) is 2. The Kier molecular flexibility index (Phi) is 15.7. The van der Waals surface area contributed by atoms with Crippen molar-refractivity contribution in [2.45, 2.75) is 97.8 Å². The molecule has 4 nitrogen and oxygen atoms in total. The zero-order valence-electron chi connectivity index (χ0n) is 15.9. The van der Waals surface area contributed by atoms with E-state index in [4.69, 9.17) is 0 Å². The van der Waals surface area contributed by atoms with Crippen molar-refractivity contribution < 1.29 is 9.46 Å². The first-order valence-electron chi connectivity index (χ1n) is 9.91. The molecule has 0 aliphatic carbocycles. The van der Waals surface area contributed by atoms with Crippen LogP contribution < -0.4 is 5.09 Å². The highest BCUT2D eigenvalue weighted by Gasteiger charge is 2.26. The van der Waals surface area contributed by atoms with Gasteiger partial charge in [-0.2, -0.15) is 0 Å². The maximum atomic E-state index is 12.6. The molecule has 140 valence electrons. The van der Waals surface area contributed by atoms with E-state index in [0.717, 1.165) is 58.0 Å². The highest BCUT2D eigenvalue weighted by molar-refractivity contribution is 7.53. The molecule has 0 aliphatic heterocycles. The van der Waals surface area contributed by atoms with Gasteiger partial charge in [-0.15, -0.1) is 0 Å². The van der Waals surface area contributed by atoms with Gasteiger partial charge in [-0.3, -0.25) is 4.57 Å². The number of nitrogens with zero attached hydrogens (tertiary/aromatic N) is 1. The van der Waals surface area contributed by atoms with Crippen molar-refractivity contribution in [3.63, 3.8) is 0 Å². The van der Waals surface area contributed by atoms with E-state index < -0.39 is 7.67 Å². The topological polar surface area (TPSA) is 52.6 Å². The molecule has 5 heteroatoms. The first-order chi connectivity index (χ1) is 11.1. The number of unbranched alkanes of at least 4 members (excludes halogenated alkanes) is 9. The molecular weight excluding hydrogens is 307 g/mol. The Morgan fingerprint density at radius 2 is 1.17 bits per heavy atom. The molecular formula is C18H41N2O2P. The second kappa shape index (κ2) is 15.6. The summed E-state index contributed by atoms with van der Waals surface area (Å²) in [6, 6.07) is 0. The van der Waals surface area contributed by atoms with E-state index in [-0.39, 0.29) is 0 Å². The monoisotopic (exact) mass is 348 g/mol. The lowest BCUT2D eigenvalue weighted by molar-refractivity contribution is 0.320. The van der Waals surface area contributed by atoms with Crippen LogP contribution in [0.15, 0.2) is 0 Å². The predicted molar refractivity (Wildman–Crippen MR) is 102 cm³/mol. The molecule has 0 radical (unpaired) electrons. The Morgan fingerprint density at radius 1 is 0.739 bits per heavy atom. The summed E-state index contributed by atoms with van der Waals surface area (Å²) in [5, 5.41) is 2.93. The fourth-order valence-corrected chi connectivity index (χ4v) is 4.18. The Bertz CT molecular complexity index is 301. The lowest BCUT2D eigenvalue weighted by Gasteiger charge is -2.28. The van der Waals surface area contributed by atoms with Gasteiger partial charge in [0.05, 0.1) is 0 Å². The molecule has 0 bridgehead atoms. The molecule has 23 heavy (non-hydrogen) atoms. The van der Waals surface area contributed by atoms with Crippen molar-refractivity contribution in [3.05, 3.63) is 0 Å². The summed E-state index contributed by atoms with van der Waals surface area (Å²) >= 11 is 0. The first-order valence-corrected chi connectivity index (χ1v) is 11.5. The summed E-state index contributed by atoms with van der Waals surface area (Å²) in [6.45, 7) is 8.67. The molecule has 0 aromatic carbocycles. The smallest absolute Gasteiger partial charge is 0.322 e. The third-order valence-electron chi connectivity index (χ3n) is 4.27. The van der Waals surface area contributed by atoms with Gasteiger partial charge in [-0.1, -0.05) is 78.6 Å². The standard InChI is InChI=1S/C18H41N2O2P/c1-4-7-10-12-15-18-20(17-14-9-6-3)23(21,22)19-16-13-11-8-5-2/h4-18H2,1-3H3,(H2,19,21,22). The van der Waals surface area contributed by atoms with Gasteiger partial charge in [-0.05, 0) is 19.3 Å². The van der Waals surface area contributed by atoms with Crippen molar-refractivity contribution in [2.24, 2.45) is 0 Å². The van der Waals surface area contributed by atoms with Gasteiger partial charge in [-0.25, -0.2) is 9.76 Å². The molecule has 0 heterocycles. The van der Waals surface area contributed by atoms with Crippen LogP contribution in [0.3, 0.4) is 0 Å². The van der Waals surface area contributed by atoms with Crippen LogP contribution in [0.5, 0.6) is 0 Å². The summed E-state index contributed by atoms with van der Waals surface area (Å²) in [4.78, 5) is 10.4. The van der Waals surface area contributed by atoms with Gasteiger partial charge in [0.1, 0.15) is 0 Å². The zero-order valence-corrected chi connectivity index (χ0v) is 16.8. The molecule has 0 fully saturated rings. The SMILES string of the molecule is CCCCCCCN(CCCCC)P(=O)(O)NCCCCCC. The normalized spacial score (nSPS) is 14.3. The van der Waals surface area contributed by atoms with Gasteiger partial charge < -0.3 is 4.89 Å². The van der Waals surface area contributed by atoms with Crippen LogP contribution in [0, 0.1) is 0 Å². The summed E-state index contributed by atoms with van der Waals surface area (Å²) in [5.74, 6) is 0. The number of hydrogen-bond acceptors (Lipinski definition) is 1. The van der Waals surface area contributed by atoms with E-state index >= 15 is 0 Å². The van der Waals surface area contributed by atoms with E-state index in [2.05, 4.69) is 25.9 Å². The average Bonchev–Trinajstić information content (AvgIpc) is 2.52. The zero-order chi connectivity index (χ0) is 17.4. The minimum absolute atomic E-state index is 0.647. The van der Waals surface area contributed by atoms with E-state index in [1.54, 1.807) is 0 Å². The van der Waals surface area contributed by atoms with Gasteiger partial charge in [0.15, 0.2) is 0 Å². The molecule has 0 aromatic heterocycles. The molecule has 0 saturated heterocycles. The molecule has 0 spiro atoms. The number of rotatable bonds is 17. The summed E-state index contributed by atoms with van der Waals surface area (Å²) < 4.78 is 14.4. The minimum Gasteiger partial charge on any atom is -0.322 e. The minimum atomic E-state index is -3.36.